The van der Waals surface area contributed by atoms with Crippen molar-refractivity contribution in [2.75, 3.05) is 0 Å². The van der Waals surface area contributed by atoms with Crippen molar-refractivity contribution in [2.24, 2.45) is 0 Å². The molecule has 0 aliphatic heterocycles. The Balaban J connectivity index is 2.71. The fourth-order valence-electron chi connectivity index (χ4n) is 1.62. The minimum absolute atomic E-state index is 0.150. The van der Waals surface area contributed by atoms with Crippen molar-refractivity contribution in [3.8, 4) is 0 Å². The number of hydrogen-bond donors (Lipinski definition) is 1. The van der Waals surface area contributed by atoms with Crippen molar-refractivity contribution in [3.63, 3.8) is 0 Å². The summed E-state index contributed by atoms with van der Waals surface area (Å²) >= 11 is 3.00. The highest BCUT2D eigenvalue weighted by Gasteiger charge is 2.40. The summed E-state index contributed by atoms with van der Waals surface area (Å²) in [6.45, 7) is 0. The molecule has 2 aromatic rings. The first-order chi connectivity index (χ1) is 8.71. The van der Waals surface area contributed by atoms with E-state index in [0.29, 0.717) is 0 Å². The Morgan fingerprint density at radius 1 is 1.37 bits per heavy atom. The number of ketones is 1. The normalized spacial score (nSPS) is 11.8. The van der Waals surface area contributed by atoms with Crippen LogP contribution in [0, 0.1) is 10.1 Å². The van der Waals surface area contributed by atoms with Crippen LogP contribution in [0.15, 0.2) is 22.8 Å². The number of nitrogens with one attached hydrogen (secondary N) is 1. The molecule has 1 heterocycles. The lowest BCUT2D eigenvalue weighted by Gasteiger charge is -2.03. The molecule has 0 radical (unpaired) electrons. The van der Waals surface area contributed by atoms with Gasteiger partial charge in [-0.3, -0.25) is 14.9 Å². The maximum absolute atomic E-state index is 12.4. The van der Waals surface area contributed by atoms with E-state index in [1.54, 1.807) is 0 Å². The third kappa shape index (κ3) is 2.33. The van der Waals surface area contributed by atoms with E-state index < -0.39 is 28.1 Å². The van der Waals surface area contributed by atoms with Gasteiger partial charge in [-0.05, 0) is 15.9 Å². The monoisotopic (exact) mass is 336 g/mol. The maximum atomic E-state index is 12.4. The zero-order valence-corrected chi connectivity index (χ0v) is 10.5. The lowest BCUT2D eigenvalue weighted by atomic mass is 10.1. The molecule has 2 rings (SSSR count). The molecule has 100 valence electrons. The number of alkyl halides is 3. The van der Waals surface area contributed by atoms with Gasteiger partial charge < -0.3 is 4.98 Å². The van der Waals surface area contributed by atoms with Gasteiger partial charge in [-0.1, -0.05) is 0 Å². The van der Waals surface area contributed by atoms with Gasteiger partial charge in [0.25, 0.3) is 11.5 Å². The molecule has 19 heavy (non-hydrogen) atoms. The van der Waals surface area contributed by atoms with Gasteiger partial charge in [0.15, 0.2) is 0 Å². The average molecular weight is 337 g/mol. The number of aromatic amines is 1. The summed E-state index contributed by atoms with van der Waals surface area (Å²) in [6, 6.07) is 2.07. The third-order valence-electron chi connectivity index (χ3n) is 2.44. The molecular formula is C10H4BrF3N2O3. The molecule has 0 aliphatic carbocycles. The number of hydrogen-bond acceptors (Lipinski definition) is 3. The van der Waals surface area contributed by atoms with Gasteiger partial charge in [0.2, 0.25) is 0 Å². The van der Waals surface area contributed by atoms with Crippen LogP contribution in [0.2, 0.25) is 0 Å². The van der Waals surface area contributed by atoms with Crippen LogP contribution in [0.4, 0.5) is 18.9 Å². The smallest absolute Gasteiger partial charge is 0.360 e. The molecule has 1 aromatic carbocycles. The molecule has 0 saturated heterocycles. The van der Waals surface area contributed by atoms with Crippen LogP contribution in [0.5, 0.6) is 0 Å². The Kier molecular flexibility index (Phi) is 3.09. The maximum Gasteiger partial charge on any atom is 0.454 e. The SMILES string of the molecule is O=C(c1c[nH]c2c(Br)cc([N+](=O)[O-])cc12)C(F)(F)F. The Labute approximate surface area is 111 Å². The topological polar surface area (TPSA) is 76.0 Å². The molecule has 0 aliphatic rings. The molecule has 0 amide bonds. The van der Waals surface area contributed by atoms with E-state index in [-0.39, 0.29) is 15.4 Å². The highest BCUT2D eigenvalue weighted by molar-refractivity contribution is 9.10. The van der Waals surface area contributed by atoms with E-state index >= 15 is 0 Å². The van der Waals surface area contributed by atoms with Crippen LogP contribution >= 0.6 is 15.9 Å². The van der Waals surface area contributed by atoms with Crippen LogP contribution in [-0.2, 0) is 0 Å². The number of H-pyrrole nitrogens is 1. The summed E-state index contributed by atoms with van der Waals surface area (Å²) in [5, 5.41) is 10.5. The lowest BCUT2D eigenvalue weighted by molar-refractivity contribution is -0.384. The number of aromatic nitrogens is 1. The predicted molar refractivity (Wildman–Crippen MR) is 63.0 cm³/mol. The molecule has 1 aromatic heterocycles. The van der Waals surface area contributed by atoms with Crippen molar-refractivity contribution in [2.45, 2.75) is 6.18 Å². The van der Waals surface area contributed by atoms with E-state index in [1.165, 1.54) is 0 Å². The number of benzene rings is 1. The first-order valence-electron chi connectivity index (χ1n) is 4.78. The Morgan fingerprint density at radius 2 is 2.00 bits per heavy atom. The van der Waals surface area contributed by atoms with E-state index in [1.807, 2.05) is 0 Å². The van der Waals surface area contributed by atoms with Gasteiger partial charge in [0, 0.05) is 28.2 Å². The standard InChI is InChI=1S/C10H4BrF3N2O3/c11-7-2-4(16(18)19)1-5-6(3-15-8(5)7)9(17)10(12,13)14/h1-3,15H. The minimum atomic E-state index is -5.04. The van der Waals surface area contributed by atoms with E-state index in [0.717, 1.165) is 18.3 Å². The molecule has 0 spiro atoms. The number of nitrogens with zero attached hydrogens (tertiary/aromatic N) is 1. The van der Waals surface area contributed by atoms with Crippen LogP contribution in [0.3, 0.4) is 0 Å². The van der Waals surface area contributed by atoms with Crippen molar-refractivity contribution in [3.05, 3.63) is 38.5 Å². The van der Waals surface area contributed by atoms with Crippen LogP contribution in [-0.4, -0.2) is 21.9 Å². The Hall–Kier alpha value is -1.90. The molecule has 0 bridgehead atoms. The zero-order valence-electron chi connectivity index (χ0n) is 8.92. The number of carbonyl (C=O) groups is 1. The highest BCUT2D eigenvalue weighted by Crippen LogP contribution is 2.33. The number of carbonyl (C=O) groups excluding carboxylic acids is 1. The fourth-order valence-corrected chi connectivity index (χ4v) is 2.18. The van der Waals surface area contributed by atoms with E-state index in [2.05, 4.69) is 20.9 Å². The van der Waals surface area contributed by atoms with Gasteiger partial charge in [0.05, 0.1) is 16.0 Å². The van der Waals surface area contributed by atoms with Gasteiger partial charge in [-0.15, -0.1) is 0 Å². The van der Waals surface area contributed by atoms with E-state index in [9.17, 15) is 28.1 Å². The van der Waals surface area contributed by atoms with Crippen molar-refractivity contribution >= 4 is 38.3 Å². The number of halogens is 4. The fraction of sp³-hybridized carbons (Fsp3) is 0.100. The number of Topliss-reactive ketones (excluding diaryl/α,β-unsaturated/α-hetero) is 1. The minimum Gasteiger partial charge on any atom is -0.360 e. The molecule has 5 nitrogen and oxygen atoms in total. The molecule has 0 fully saturated rings. The quantitative estimate of drug-likeness (QED) is 0.517. The number of non-ortho nitro benzene ring substituents is 1. The van der Waals surface area contributed by atoms with Crippen LogP contribution < -0.4 is 0 Å². The number of nitro benzene ring substituents is 1. The molecular weight excluding hydrogens is 333 g/mol. The lowest BCUT2D eigenvalue weighted by Crippen LogP contribution is -2.22. The summed E-state index contributed by atoms with van der Waals surface area (Å²) in [4.78, 5) is 23.6. The summed E-state index contributed by atoms with van der Waals surface area (Å²) in [5.41, 5.74) is -0.861. The third-order valence-corrected chi connectivity index (χ3v) is 3.06. The van der Waals surface area contributed by atoms with Crippen molar-refractivity contribution in [1.29, 1.82) is 0 Å². The average Bonchev–Trinajstić information content (AvgIpc) is 2.70. The van der Waals surface area contributed by atoms with Gasteiger partial charge >= 0.3 is 6.18 Å². The van der Waals surface area contributed by atoms with Gasteiger partial charge in [0.1, 0.15) is 0 Å². The highest BCUT2D eigenvalue weighted by atomic mass is 79.9. The second-order valence-electron chi connectivity index (χ2n) is 3.64. The second-order valence-corrected chi connectivity index (χ2v) is 4.49. The van der Waals surface area contributed by atoms with E-state index in [4.69, 9.17) is 0 Å². The zero-order chi connectivity index (χ0) is 14.4. The molecule has 1 N–H and O–H groups in total. The predicted octanol–water partition coefficient (Wildman–Crippen LogP) is 3.58. The van der Waals surface area contributed by atoms with Crippen molar-refractivity contribution < 1.29 is 22.9 Å². The number of nitro groups is 1. The van der Waals surface area contributed by atoms with Crippen LogP contribution in [0.1, 0.15) is 10.4 Å². The molecule has 0 atom stereocenters. The van der Waals surface area contributed by atoms with Crippen LogP contribution in [0.25, 0.3) is 10.9 Å². The number of fused-ring (bicyclic) bond motifs is 1. The molecule has 0 saturated carbocycles. The molecule has 0 unspecified atom stereocenters. The second kappa shape index (κ2) is 4.34. The van der Waals surface area contributed by atoms with Crippen molar-refractivity contribution in [1.82, 2.24) is 4.98 Å². The first-order valence-corrected chi connectivity index (χ1v) is 5.57. The first kappa shape index (κ1) is 13.5. The van der Waals surface area contributed by atoms with Gasteiger partial charge in [-0.2, -0.15) is 13.2 Å². The largest absolute Gasteiger partial charge is 0.454 e. The molecule has 9 heteroatoms. The summed E-state index contributed by atoms with van der Waals surface area (Å²) in [5.74, 6) is -2.05. The summed E-state index contributed by atoms with van der Waals surface area (Å²) in [7, 11) is 0. The Bertz CT molecular complexity index is 693. The van der Waals surface area contributed by atoms with Gasteiger partial charge in [-0.25, -0.2) is 0 Å². The number of rotatable bonds is 2. The summed E-state index contributed by atoms with van der Waals surface area (Å²) < 4.78 is 37.4. The summed E-state index contributed by atoms with van der Waals surface area (Å²) in [6.07, 6.45) is -4.15. The Morgan fingerprint density at radius 3 is 2.53 bits per heavy atom.